The molecule has 1 aromatic rings. The first-order chi connectivity index (χ1) is 9.00. The second kappa shape index (κ2) is 7.62. The lowest BCUT2D eigenvalue weighted by Crippen LogP contribution is -2.34. The third-order valence-corrected chi connectivity index (χ3v) is 4.47. The molecule has 0 unspecified atom stereocenters. The average Bonchev–Trinajstić information content (AvgIpc) is 2.36. The fourth-order valence-corrected chi connectivity index (χ4v) is 3.55. The maximum absolute atomic E-state index is 12.1. The van der Waals surface area contributed by atoms with Crippen LogP contribution in [0.4, 0.5) is 0 Å². The summed E-state index contributed by atoms with van der Waals surface area (Å²) in [5, 5.41) is 3.06. The van der Waals surface area contributed by atoms with Crippen molar-refractivity contribution in [3.8, 4) is 0 Å². The first-order valence-corrected chi connectivity index (χ1v) is 8.38. The molecule has 2 N–H and O–H groups in total. The van der Waals surface area contributed by atoms with Crippen LogP contribution in [0.25, 0.3) is 0 Å². The molecular formula is C14H24N2O2S. The zero-order valence-corrected chi connectivity index (χ0v) is 12.8. The van der Waals surface area contributed by atoms with Crippen LogP contribution in [0, 0.1) is 0 Å². The molecule has 0 spiro atoms. The van der Waals surface area contributed by atoms with E-state index in [2.05, 4.69) is 10.0 Å². The maximum Gasteiger partial charge on any atom is 0.216 e. The molecule has 0 fully saturated rings. The molecule has 0 radical (unpaired) electrons. The van der Waals surface area contributed by atoms with E-state index in [0.29, 0.717) is 0 Å². The van der Waals surface area contributed by atoms with E-state index in [-0.39, 0.29) is 11.8 Å². The van der Waals surface area contributed by atoms with E-state index in [9.17, 15) is 8.42 Å². The van der Waals surface area contributed by atoms with Gasteiger partial charge in [-0.25, -0.2) is 13.1 Å². The Labute approximate surface area is 116 Å². The molecule has 5 heteroatoms. The second-order valence-corrected chi connectivity index (χ2v) is 6.49. The van der Waals surface area contributed by atoms with Crippen LogP contribution in [-0.4, -0.2) is 21.5 Å². The van der Waals surface area contributed by atoms with Crippen molar-refractivity contribution < 1.29 is 8.42 Å². The summed E-state index contributed by atoms with van der Waals surface area (Å²) >= 11 is 0. The third-order valence-electron chi connectivity index (χ3n) is 3.06. The van der Waals surface area contributed by atoms with Gasteiger partial charge in [0.2, 0.25) is 10.0 Å². The van der Waals surface area contributed by atoms with Gasteiger partial charge in [0.05, 0.1) is 5.75 Å². The first kappa shape index (κ1) is 16.1. The monoisotopic (exact) mass is 284 g/mol. The van der Waals surface area contributed by atoms with Gasteiger partial charge >= 0.3 is 0 Å². The smallest absolute Gasteiger partial charge is 0.216 e. The third kappa shape index (κ3) is 5.72. The predicted octanol–water partition coefficient (Wildman–Crippen LogP) is 2.01. The van der Waals surface area contributed by atoms with Gasteiger partial charge in [-0.05, 0) is 31.0 Å². The molecule has 1 aromatic carbocycles. The van der Waals surface area contributed by atoms with Gasteiger partial charge in [-0.15, -0.1) is 0 Å². The number of rotatable bonds is 8. The van der Waals surface area contributed by atoms with Crippen LogP contribution in [0.15, 0.2) is 24.3 Å². The van der Waals surface area contributed by atoms with E-state index in [1.165, 1.54) is 0 Å². The summed E-state index contributed by atoms with van der Waals surface area (Å²) in [7, 11) is -1.39. The lowest BCUT2D eigenvalue weighted by molar-refractivity contribution is 0.529. The zero-order chi connectivity index (χ0) is 14.3. The number of hydrogen-bond acceptors (Lipinski definition) is 3. The average molecular weight is 284 g/mol. The molecule has 0 bridgehead atoms. The molecule has 0 atom stereocenters. The van der Waals surface area contributed by atoms with Crippen molar-refractivity contribution >= 4 is 10.0 Å². The van der Waals surface area contributed by atoms with Gasteiger partial charge in [-0.1, -0.05) is 38.1 Å². The predicted molar refractivity (Wildman–Crippen MR) is 79.3 cm³/mol. The topological polar surface area (TPSA) is 58.2 Å². The van der Waals surface area contributed by atoms with Crippen molar-refractivity contribution in [2.24, 2.45) is 0 Å². The SMILES string of the molecule is CCC(CC)NS(=O)(=O)Cc1cccc(CNC)c1. The Kier molecular flexibility index (Phi) is 6.48. The zero-order valence-electron chi connectivity index (χ0n) is 11.9. The van der Waals surface area contributed by atoms with Gasteiger partial charge in [-0.3, -0.25) is 0 Å². The first-order valence-electron chi connectivity index (χ1n) is 6.73. The Bertz CT molecular complexity index is 482. The molecule has 0 aromatic heterocycles. The molecule has 0 heterocycles. The van der Waals surface area contributed by atoms with Gasteiger partial charge in [0.1, 0.15) is 0 Å². The molecule has 0 saturated heterocycles. The quantitative estimate of drug-likeness (QED) is 0.768. The van der Waals surface area contributed by atoms with Crippen LogP contribution in [0.1, 0.15) is 37.8 Å². The van der Waals surface area contributed by atoms with Crippen molar-refractivity contribution in [3.63, 3.8) is 0 Å². The number of sulfonamides is 1. The van der Waals surface area contributed by atoms with Crippen LogP contribution in [0.5, 0.6) is 0 Å². The minimum absolute atomic E-state index is 0.0329. The lowest BCUT2D eigenvalue weighted by Gasteiger charge is -2.15. The number of nitrogens with one attached hydrogen (secondary N) is 2. The van der Waals surface area contributed by atoms with Crippen molar-refractivity contribution in [2.45, 2.75) is 45.0 Å². The summed E-state index contributed by atoms with van der Waals surface area (Å²) in [6.45, 7) is 4.72. The Morgan fingerprint density at radius 3 is 2.37 bits per heavy atom. The maximum atomic E-state index is 12.1. The van der Waals surface area contributed by atoms with E-state index in [4.69, 9.17) is 0 Å². The van der Waals surface area contributed by atoms with Crippen LogP contribution in [-0.2, 0) is 22.3 Å². The Hall–Kier alpha value is -0.910. The fraction of sp³-hybridized carbons (Fsp3) is 0.571. The molecule has 0 aliphatic rings. The molecule has 108 valence electrons. The highest BCUT2D eigenvalue weighted by Gasteiger charge is 2.16. The molecule has 0 aliphatic heterocycles. The van der Waals surface area contributed by atoms with E-state index in [1.54, 1.807) is 0 Å². The van der Waals surface area contributed by atoms with E-state index in [1.807, 2.05) is 45.2 Å². The van der Waals surface area contributed by atoms with Crippen LogP contribution >= 0.6 is 0 Å². The van der Waals surface area contributed by atoms with Gasteiger partial charge in [-0.2, -0.15) is 0 Å². The highest BCUT2D eigenvalue weighted by molar-refractivity contribution is 7.88. The molecule has 19 heavy (non-hydrogen) atoms. The number of benzene rings is 1. The van der Waals surface area contributed by atoms with Crippen molar-refractivity contribution in [2.75, 3.05) is 7.05 Å². The summed E-state index contributed by atoms with van der Waals surface area (Å²) in [5.74, 6) is 0.0427. The Morgan fingerprint density at radius 2 is 1.79 bits per heavy atom. The Balaban J connectivity index is 2.74. The standard InChI is InChI=1S/C14H24N2O2S/c1-4-14(5-2)16-19(17,18)11-13-8-6-7-12(9-13)10-15-3/h6-9,14-16H,4-5,10-11H2,1-3H3. The summed E-state index contributed by atoms with van der Waals surface area (Å²) in [6.07, 6.45) is 1.63. The van der Waals surface area contributed by atoms with E-state index in [0.717, 1.165) is 30.5 Å². The highest BCUT2D eigenvalue weighted by atomic mass is 32.2. The normalized spacial score (nSPS) is 12.0. The molecule has 4 nitrogen and oxygen atoms in total. The van der Waals surface area contributed by atoms with Crippen molar-refractivity contribution in [1.29, 1.82) is 0 Å². The van der Waals surface area contributed by atoms with E-state index >= 15 is 0 Å². The largest absolute Gasteiger partial charge is 0.316 e. The molecular weight excluding hydrogens is 260 g/mol. The van der Waals surface area contributed by atoms with Crippen molar-refractivity contribution in [3.05, 3.63) is 35.4 Å². The summed E-state index contributed by atoms with van der Waals surface area (Å²) in [5.41, 5.74) is 1.92. The fourth-order valence-electron chi connectivity index (χ4n) is 2.00. The minimum atomic E-state index is -3.26. The molecule has 0 aliphatic carbocycles. The highest BCUT2D eigenvalue weighted by Crippen LogP contribution is 2.10. The molecule has 1 rings (SSSR count). The summed E-state index contributed by atoms with van der Waals surface area (Å²) < 4.78 is 26.9. The molecule has 0 amide bonds. The van der Waals surface area contributed by atoms with Gasteiger partial charge in [0.15, 0.2) is 0 Å². The van der Waals surface area contributed by atoms with Gasteiger partial charge in [0, 0.05) is 12.6 Å². The van der Waals surface area contributed by atoms with Crippen molar-refractivity contribution in [1.82, 2.24) is 10.0 Å². The summed E-state index contributed by atoms with van der Waals surface area (Å²) in [4.78, 5) is 0. The van der Waals surface area contributed by atoms with Crippen LogP contribution in [0.3, 0.4) is 0 Å². The minimum Gasteiger partial charge on any atom is -0.316 e. The molecule has 0 saturated carbocycles. The summed E-state index contributed by atoms with van der Waals surface area (Å²) in [6, 6.07) is 7.70. The van der Waals surface area contributed by atoms with Gasteiger partial charge in [0.25, 0.3) is 0 Å². The Morgan fingerprint density at radius 1 is 1.16 bits per heavy atom. The number of hydrogen-bond donors (Lipinski definition) is 2. The van der Waals surface area contributed by atoms with E-state index < -0.39 is 10.0 Å². The van der Waals surface area contributed by atoms with Crippen LogP contribution < -0.4 is 10.0 Å². The van der Waals surface area contributed by atoms with Gasteiger partial charge < -0.3 is 5.32 Å². The lowest BCUT2D eigenvalue weighted by atomic mass is 10.1. The second-order valence-electron chi connectivity index (χ2n) is 4.74. The van der Waals surface area contributed by atoms with Crippen LogP contribution in [0.2, 0.25) is 0 Å².